The summed E-state index contributed by atoms with van der Waals surface area (Å²) in [6.45, 7) is 10.8. The zero-order chi connectivity index (χ0) is 20.1. The molecular weight excluding hydrogens is 344 g/mol. The fraction of sp³-hybridized carbons (Fsp3) is 0.286. The van der Waals surface area contributed by atoms with E-state index in [-0.39, 0.29) is 29.8 Å². The van der Waals surface area contributed by atoms with Gasteiger partial charge in [0.2, 0.25) is 11.7 Å². The topological polar surface area (TPSA) is 77.4 Å². The lowest BCUT2D eigenvalue weighted by Gasteiger charge is -2.13. The van der Waals surface area contributed by atoms with Crippen molar-refractivity contribution in [2.75, 3.05) is 11.9 Å². The van der Waals surface area contributed by atoms with Crippen LogP contribution in [0.4, 0.5) is 5.69 Å². The predicted octanol–water partition coefficient (Wildman–Crippen LogP) is 3.71. The standard InChI is InChI=1S/C21H24N2O4/c1-6-9-23-13(2)10-18(14(23)3)20(26)12-27-21-11-17(15(4)24)7-8-19(21)22-16(5)25/h6-8,10-11H,1,9,12H2,2-5H3,(H,22,25). The molecule has 0 aliphatic heterocycles. The summed E-state index contributed by atoms with van der Waals surface area (Å²) in [4.78, 5) is 35.6. The number of carbonyl (C=O) groups is 3. The van der Waals surface area contributed by atoms with Gasteiger partial charge in [-0.25, -0.2) is 0 Å². The van der Waals surface area contributed by atoms with Crippen LogP contribution in [0.3, 0.4) is 0 Å². The molecular formula is C21H24N2O4. The van der Waals surface area contributed by atoms with Crippen LogP contribution in [0.15, 0.2) is 36.9 Å². The van der Waals surface area contributed by atoms with E-state index in [9.17, 15) is 14.4 Å². The minimum Gasteiger partial charge on any atom is -0.483 e. The van der Waals surface area contributed by atoms with E-state index in [1.54, 1.807) is 18.2 Å². The smallest absolute Gasteiger partial charge is 0.221 e. The quantitative estimate of drug-likeness (QED) is 0.569. The van der Waals surface area contributed by atoms with E-state index in [0.29, 0.717) is 23.4 Å². The Morgan fingerprint density at radius 1 is 1.19 bits per heavy atom. The number of nitrogens with one attached hydrogen (secondary N) is 1. The first kappa shape index (κ1) is 20.2. The van der Waals surface area contributed by atoms with Crippen molar-refractivity contribution in [1.82, 2.24) is 4.57 Å². The second kappa shape index (κ2) is 8.49. The van der Waals surface area contributed by atoms with Crippen molar-refractivity contribution in [3.63, 3.8) is 0 Å². The number of Topliss-reactive ketones (excluding diaryl/α,β-unsaturated/α-hetero) is 2. The molecule has 0 atom stereocenters. The van der Waals surface area contributed by atoms with Gasteiger partial charge in [-0.05, 0) is 45.0 Å². The molecule has 27 heavy (non-hydrogen) atoms. The maximum atomic E-state index is 12.6. The largest absolute Gasteiger partial charge is 0.483 e. The number of carbonyl (C=O) groups excluding carboxylic acids is 3. The van der Waals surface area contributed by atoms with Gasteiger partial charge in [0.15, 0.2) is 12.4 Å². The number of amides is 1. The van der Waals surface area contributed by atoms with E-state index < -0.39 is 0 Å². The number of rotatable bonds is 8. The number of anilines is 1. The highest BCUT2D eigenvalue weighted by Crippen LogP contribution is 2.27. The summed E-state index contributed by atoms with van der Waals surface area (Å²) >= 11 is 0. The molecule has 0 unspecified atom stereocenters. The van der Waals surface area contributed by atoms with Crippen LogP contribution in [0, 0.1) is 13.8 Å². The van der Waals surface area contributed by atoms with Crippen LogP contribution in [0.25, 0.3) is 0 Å². The summed E-state index contributed by atoms with van der Waals surface area (Å²) in [6, 6.07) is 6.55. The van der Waals surface area contributed by atoms with Crippen molar-refractivity contribution < 1.29 is 19.1 Å². The average molecular weight is 368 g/mol. The second-order valence-corrected chi connectivity index (χ2v) is 6.34. The minimum absolute atomic E-state index is 0.131. The number of hydrogen-bond donors (Lipinski definition) is 1. The van der Waals surface area contributed by atoms with Gasteiger partial charge < -0.3 is 14.6 Å². The third-order valence-electron chi connectivity index (χ3n) is 4.24. The Morgan fingerprint density at radius 3 is 2.48 bits per heavy atom. The number of aromatic nitrogens is 1. The van der Waals surface area contributed by atoms with Crippen molar-refractivity contribution in [3.05, 3.63) is 59.4 Å². The van der Waals surface area contributed by atoms with E-state index in [1.165, 1.54) is 19.9 Å². The van der Waals surface area contributed by atoms with E-state index in [4.69, 9.17) is 4.74 Å². The minimum atomic E-state index is -0.269. The van der Waals surface area contributed by atoms with Gasteiger partial charge >= 0.3 is 0 Å². The monoisotopic (exact) mass is 368 g/mol. The van der Waals surface area contributed by atoms with Gasteiger partial charge in [0.25, 0.3) is 0 Å². The summed E-state index contributed by atoms with van der Waals surface area (Å²) in [6.07, 6.45) is 1.78. The molecule has 1 amide bonds. The van der Waals surface area contributed by atoms with Crippen LogP contribution in [0.5, 0.6) is 5.75 Å². The molecule has 0 aliphatic rings. The Labute approximate surface area is 158 Å². The zero-order valence-corrected chi connectivity index (χ0v) is 16.1. The number of hydrogen-bond acceptors (Lipinski definition) is 4. The Hall–Kier alpha value is -3.15. The highest BCUT2D eigenvalue weighted by Gasteiger charge is 2.17. The van der Waals surface area contributed by atoms with Gasteiger partial charge in [-0.2, -0.15) is 0 Å². The predicted molar refractivity (Wildman–Crippen MR) is 105 cm³/mol. The Kier molecular flexibility index (Phi) is 6.34. The number of ether oxygens (including phenoxy) is 1. The zero-order valence-electron chi connectivity index (χ0n) is 16.1. The van der Waals surface area contributed by atoms with Crippen molar-refractivity contribution in [2.24, 2.45) is 0 Å². The van der Waals surface area contributed by atoms with Gasteiger partial charge in [-0.15, -0.1) is 6.58 Å². The molecule has 2 rings (SSSR count). The van der Waals surface area contributed by atoms with E-state index in [0.717, 1.165) is 11.4 Å². The number of benzene rings is 1. The second-order valence-electron chi connectivity index (χ2n) is 6.34. The van der Waals surface area contributed by atoms with Gasteiger partial charge in [0.05, 0.1) is 5.69 Å². The number of nitrogens with zero attached hydrogens (tertiary/aromatic N) is 1. The third-order valence-corrected chi connectivity index (χ3v) is 4.24. The fourth-order valence-electron chi connectivity index (χ4n) is 2.87. The van der Waals surface area contributed by atoms with Crippen LogP contribution in [-0.4, -0.2) is 28.6 Å². The summed E-state index contributed by atoms with van der Waals surface area (Å²) in [5, 5.41) is 2.64. The number of aryl methyl sites for hydroxylation is 1. The molecule has 6 nitrogen and oxygen atoms in total. The number of ketones is 2. The fourth-order valence-corrected chi connectivity index (χ4v) is 2.87. The van der Waals surface area contributed by atoms with E-state index in [2.05, 4.69) is 11.9 Å². The van der Waals surface area contributed by atoms with E-state index >= 15 is 0 Å². The van der Waals surface area contributed by atoms with Gasteiger partial charge in [-0.1, -0.05) is 6.08 Å². The highest BCUT2D eigenvalue weighted by molar-refractivity contribution is 5.99. The van der Waals surface area contributed by atoms with Crippen LogP contribution in [-0.2, 0) is 11.3 Å². The molecule has 0 saturated heterocycles. The lowest BCUT2D eigenvalue weighted by atomic mass is 10.1. The maximum absolute atomic E-state index is 12.6. The molecule has 0 aliphatic carbocycles. The first-order valence-electron chi connectivity index (χ1n) is 8.60. The summed E-state index contributed by atoms with van der Waals surface area (Å²) in [5.41, 5.74) is 3.25. The Balaban J connectivity index is 2.24. The number of allylic oxidation sites excluding steroid dienone is 1. The molecule has 0 spiro atoms. The Morgan fingerprint density at radius 2 is 1.89 bits per heavy atom. The lowest BCUT2D eigenvalue weighted by molar-refractivity contribution is -0.114. The molecule has 142 valence electrons. The van der Waals surface area contributed by atoms with Gasteiger partial charge in [0.1, 0.15) is 5.75 Å². The first-order valence-corrected chi connectivity index (χ1v) is 8.60. The van der Waals surface area contributed by atoms with Crippen LogP contribution in [0.2, 0.25) is 0 Å². The molecule has 1 aromatic heterocycles. The highest BCUT2D eigenvalue weighted by atomic mass is 16.5. The maximum Gasteiger partial charge on any atom is 0.221 e. The van der Waals surface area contributed by atoms with Crippen molar-refractivity contribution >= 4 is 23.2 Å². The summed E-state index contributed by atoms with van der Waals surface area (Å²) in [7, 11) is 0. The Bertz CT molecular complexity index is 909. The third kappa shape index (κ3) is 4.73. The van der Waals surface area contributed by atoms with E-state index in [1.807, 2.05) is 24.5 Å². The lowest BCUT2D eigenvalue weighted by Crippen LogP contribution is -2.15. The molecule has 0 radical (unpaired) electrons. The molecule has 0 fully saturated rings. The van der Waals surface area contributed by atoms with Crippen molar-refractivity contribution in [3.8, 4) is 5.75 Å². The molecule has 0 bridgehead atoms. The van der Waals surface area contributed by atoms with Gasteiger partial charge in [0, 0.05) is 36.0 Å². The first-order chi connectivity index (χ1) is 12.7. The SMILES string of the molecule is C=CCn1c(C)cc(C(=O)COc2cc(C(C)=O)ccc2NC(C)=O)c1C. The van der Waals surface area contributed by atoms with Gasteiger partial charge in [-0.3, -0.25) is 14.4 Å². The molecule has 1 N–H and O–H groups in total. The molecule has 1 heterocycles. The molecule has 2 aromatic rings. The van der Waals surface area contributed by atoms with Crippen LogP contribution < -0.4 is 10.1 Å². The van der Waals surface area contributed by atoms with Crippen LogP contribution >= 0.6 is 0 Å². The molecule has 1 aromatic carbocycles. The van der Waals surface area contributed by atoms with Crippen LogP contribution in [0.1, 0.15) is 46.0 Å². The summed E-state index contributed by atoms with van der Waals surface area (Å²) in [5.74, 6) is -0.296. The molecule has 0 saturated carbocycles. The summed E-state index contributed by atoms with van der Waals surface area (Å²) < 4.78 is 7.66. The average Bonchev–Trinajstić information content (AvgIpc) is 2.88. The normalized spacial score (nSPS) is 10.4. The van der Waals surface area contributed by atoms with Crippen molar-refractivity contribution in [2.45, 2.75) is 34.2 Å². The molecule has 6 heteroatoms. The van der Waals surface area contributed by atoms with Crippen molar-refractivity contribution in [1.29, 1.82) is 0 Å².